The minimum absolute atomic E-state index is 0.110. The summed E-state index contributed by atoms with van der Waals surface area (Å²) >= 11 is 0. The number of hydrogen-bond acceptors (Lipinski definition) is 3. The lowest BCUT2D eigenvalue weighted by atomic mass is 10.1. The van der Waals surface area contributed by atoms with Crippen molar-refractivity contribution in [3.05, 3.63) is 0 Å². The van der Waals surface area contributed by atoms with Crippen LogP contribution in [-0.4, -0.2) is 34.7 Å². The molecule has 0 aromatic heterocycles. The Kier molecular flexibility index (Phi) is 12.2. The molecule has 5 nitrogen and oxygen atoms in total. The summed E-state index contributed by atoms with van der Waals surface area (Å²) in [7, 11) is 0. The zero-order valence-corrected chi connectivity index (χ0v) is 12.6. The molecule has 0 saturated heterocycles. The summed E-state index contributed by atoms with van der Waals surface area (Å²) in [4.78, 5) is 21.4. The molecular weight excluding hydrogens is 258 g/mol. The van der Waals surface area contributed by atoms with Crippen LogP contribution in [-0.2, 0) is 9.59 Å². The third kappa shape index (κ3) is 12.0. The molecule has 0 aromatic rings. The average molecular weight is 287 g/mol. The van der Waals surface area contributed by atoms with Crippen molar-refractivity contribution in [1.29, 1.82) is 0 Å². The highest BCUT2D eigenvalue weighted by atomic mass is 16.4. The number of nitrogens with one attached hydrogen (secondary N) is 1. The highest BCUT2D eigenvalue weighted by Gasteiger charge is 2.17. The fraction of sp³-hybridized carbons (Fsp3) is 0.867. The lowest BCUT2D eigenvalue weighted by molar-refractivity contribution is -0.140. The zero-order chi connectivity index (χ0) is 15.2. The highest BCUT2D eigenvalue weighted by Crippen LogP contribution is 2.08. The van der Waals surface area contributed by atoms with Gasteiger partial charge < -0.3 is 15.5 Å². The molecule has 0 bridgehead atoms. The van der Waals surface area contributed by atoms with Gasteiger partial charge in [-0.25, -0.2) is 0 Å². The smallest absolute Gasteiger partial charge is 0.320 e. The van der Waals surface area contributed by atoms with Gasteiger partial charge >= 0.3 is 11.9 Å². The molecule has 0 aliphatic rings. The highest BCUT2D eigenvalue weighted by molar-refractivity contribution is 5.75. The molecule has 20 heavy (non-hydrogen) atoms. The van der Waals surface area contributed by atoms with Crippen LogP contribution in [0.15, 0.2) is 0 Å². The van der Waals surface area contributed by atoms with Crippen LogP contribution in [0.3, 0.4) is 0 Å². The Bertz CT molecular complexity index is 269. The first kappa shape index (κ1) is 18.9. The van der Waals surface area contributed by atoms with E-state index in [1.165, 1.54) is 38.5 Å². The Balaban J connectivity index is 3.49. The Morgan fingerprint density at radius 2 is 1.50 bits per heavy atom. The summed E-state index contributed by atoms with van der Waals surface area (Å²) in [6.07, 6.45) is 9.70. The second-order valence-corrected chi connectivity index (χ2v) is 5.25. The van der Waals surface area contributed by atoms with Crippen molar-refractivity contribution in [2.75, 3.05) is 6.54 Å². The summed E-state index contributed by atoms with van der Waals surface area (Å²) in [6, 6.07) is -0.740. The van der Waals surface area contributed by atoms with Crippen LogP contribution in [0, 0.1) is 0 Å². The Morgan fingerprint density at radius 1 is 0.950 bits per heavy atom. The number of unbranched alkanes of at least 4 members (excludes halogenated alkanes) is 7. The van der Waals surface area contributed by atoms with E-state index in [1.807, 2.05) is 0 Å². The van der Waals surface area contributed by atoms with Gasteiger partial charge in [-0.15, -0.1) is 0 Å². The maximum absolute atomic E-state index is 10.9. The van der Waals surface area contributed by atoms with Crippen molar-refractivity contribution in [3.8, 4) is 0 Å². The van der Waals surface area contributed by atoms with Crippen LogP contribution in [0.5, 0.6) is 0 Å². The molecule has 118 valence electrons. The van der Waals surface area contributed by atoms with E-state index in [-0.39, 0.29) is 12.8 Å². The molecule has 0 fully saturated rings. The molecule has 0 radical (unpaired) electrons. The van der Waals surface area contributed by atoms with E-state index < -0.39 is 18.0 Å². The normalized spacial score (nSPS) is 12.2. The van der Waals surface area contributed by atoms with Crippen LogP contribution in [0.25, 0.3) is 0 Å². The minimum atomic E-state index is -0.967. The zero-order valence-electron chi connectivity index (χ0n) is 12.6. The van der Waals surface area contributed by atoms with Gasteiger partial charge in [0.05, 0.1) is 0 Å². The van der Waals surface area contributed by atoms with Gasteiger partial charge in [0.1, 0.15) is 6.04 Å². The summed E-state index contributed by atoms with van der Waals surface area (Å²) in [5.74, 6) is -1.92. The maximum atomic E-state index is 10.9. The molecule has 0 aliphatic carbocycles. The fourth-order valence-corrected chi connectivity index (χ4v) is 2.12. The third-order valence-electron chi connectivity index (χ3n) is 3.37. The molecule has 0 aliphatic heterocycles. The lowest BCUT2D eigenvalue weighted by Crippen LogP contribution is -2.37. The predicted octanol–water partition coefficient (Wildman–Crippen LogP) is 3.03. The Labute approximate surface area is 121 Å². The molecule has 0 amide bonds. The fourth-order valence-electron chi connectivity index (χ4n) is 2.12. The molecule has 1 atom stereocenters. The molecule has 0 saturated carbocycles. The van der Waals surface area contributed by atoms with E-state index in [9.17, 15) is 9.59 Å². The van der Waals surface area contributed by atoms with Gasteiger partial charge in [-0.1, -0.05) is 51.9 Å². The first-order chi connectivity index (χ1) is 9.57. The van der Waals surface area contributed by atoms with Crippen LogP contribution in [0.1, 0.15) is 71.1 Å². The molecule has 5 heteroatoms. The Hall–Kier alpha value is -1.10. The molecule has 0 spiro atoms. The van der Waals surface area contributed by atoms with Crippen LogP contribution >= 0.6 is 0 Å². The second-order valence-electron chi connectivity index (χ2n) is 5.25. The molecule has 3 N–H and O–H groups in total. The average Bonchev–Trinajstić information content (AvgIpc) is 2.39. The topological polar surface area (TPSA) is 86.6 Å². The van der Waals surface area contributed by atoms with Gasteiger partial charge in [0, 0.05) is 6.42 Å². The third-order valence-corrected chi connectivity index (χ3v) is 3.37. The van der Waals surface area contributed by atoms with Crippen molar-refractivity contribution >= 4 is 11.9 Å². The van der Waals surface area contributed by atoms with Crippen molar-refractivity contribution in [1.82, 2.24) is 5.32 Å². The molecule has 0 rings (SSSR count). The van der Waals surface area contributed by atoms with E-state index in [0.717, 1.165) is 12.8 Å². The number of carbonyl (C=O) groups is 2. The van der Waals surface area contributed by atoms with Crippen LogP contribution < -0.4 is 5.32 Å². The van der Waals surface area contributed by atoms with Crippen molar-refractivity contribution in [2.45, 2.75) is 77.2 Å². The van der Waals surface area contributed by atoms with Crippen molar-refractivity contribution < 1.29 is 19.8 Å². The van der Waals surface area contributed by atoms with E-state index in [1.54, 1.807) is 0 Å². The van der Waals surface area contributed by atoms with Crippen molar-refractivity contribution in [2.24, 2.45) is 0 Å². The lowest BCUT2D eigenvalue weighted by Gasteiger charge is -2.13. The SMILES string of the molecule is CCCCCCCCCCN[C@@H](CCC(=O)O)C(=O)O. The largest absolute Gasteiger partial charge is 0.481 e. The number of hydrogen-bond donors (Lipinski definition) is 3. The predicted molar refractivity (Wildman–Crippen MR) is 78.9 cm³/mol. The minimum Gasteiger partial charge on any atom is -0.481 e. The van der Waals surface area contributed by atoms with Crippen molar-refractivity contribution in [3.63, 3.8) is 0 Å². The quantitative estimate of drug-likeness (QED) is 0.427. The monoisotopic (exact) mass is 287 g/mol. The van der Waals surface area contributed by atoms with E-state index >= 15 is 0 Å². The van der Waals surface area contributed by atoms with Gasteiger partial charge in [0.2, 0.25) is 0 Å². The van der Waals surface area contributed by atoms with Gasteiger partial charge in [-0.2, -0.15) is 0 Å². The van der Waals surface area contributed by atoms with Crippen LogP contribution in [0.4, 0.5) is 0 Å². The number of carboxylic acids is 2. The summed E-state index contributed by atoms with van der Waals surface area (Å²) in [6.45, 7) is 2.85. The number of aliphatic carboxylic acids is 2. The van der Waals surface area contributed by atoms with Gasteiger partial charge in [0.15, 0.2) is 0 Å². The second kappa shape index (κ2) is 12.9. The van der Waals surface area contributed by atoms with E-state index in [0.29, 0.717) is 6.54 Å². The van der Waals surface area contributed by atoms with Gasteiger partial charge in [-0.05, 0) is 19.4 Å². The Morgan fingerprint density at radius 3 is 2.00 bits per heavy atom. The maximum Gasteiger partial charge on any atom is 0.320 e. The first-order valence-corrected chi connectivity index (χ1v) is 7.76. The van der Waals surface area contributed by atoms with E-state index in [2.05, 4.69) is 12.2 Å². The first-order valence-electron chi connectivity index (χ1n) is 7.76. The molecule has 0 heterocycles. The van der Waals surface area contributed by atoms with E-state index in [4.69, 9.17) is 10.2 Å². The molecule has 0 aromatic carbocycles. The van der Waals surface area contributed by atoms with Gasteiger partial charge in [0.25, 0.3) is 0 Å². The number of carboxylic acid groups (broad SMARTS) is 2. The summed E-state index contributed by atoms with van der Waals surface area (Å²) < 4.78 is 0. The molecule has 0 unspecified atom stereocenters. The number of rotatable bonds is 14. The summed E-state index contributed by atoms with van der Waals surface area (Å²) in [5, 5.41) is 20.4. The van der Waals surface area contributed by atoms with Crippen LogP contribution in [0.2, 0.25) is 0 Å². The van der Waals surface area contributed by atoms with Gasteiger partial charge in [-0.3, -0.25) is 9.59 Å². The summed E-state index contributed by atoms with van der Waals surface area (Å²) in [5.41, 5.74) is 0. The molecular formula is C15H29NO4. The standard InChI is InChI=1S/C15H29NO4/c1-2-3-4-5-6-7-8-9-12-16-13(15(19)20)10-11-14(17)18/h13,16H,2-12H2,1H3,(H,17,18)(H,19,20)/t13-/m0/s1.